The molecule has 11 heteroatoms. The molecule has 0 aliphatic heterocycles. The van der Waals surface area contributed by atoms with Gasteiger partial charge in [0, 0.05) is 11.6 Å². The molecule has 0 unspecified atom stereocenters. The van der Waals surface area contributed by atoms with E-state index in [2.05, 4.69) is 20.0 Å². The van der Waals surface area contributed by atoms with Crippen LogP contribution in [0.4, 0.5) is 14.5 Å². The van der Waals surface area contributed by atoms with Crippen LogP contribution in [-0.4, -0.2) is 20.9 Å². The quantitative estimate of drug-likeness (QED) is 0.277. The molecule has 7 nitrogen and oxygen atoms in total. The number of nitrogens with one attached hydrogen (secondary N) is 2. The van der Waals surface area contributed by atoms with Crippen LogP contribution in [0.2, 0.25) is 0 Å². The van der Waals surface area contributed by atoms with Crippen LogP contribution < -0.4 is 20.0 Å². The van der Waals surface area contributed by atoms with Crippen LogP contribution in [0.25, 0.3) is 5.70 Å². The molecule has 0 fully saturated rings. The van der Waals surface area contributed by atoms with Gasteiger partial charge >= 0.3 is 6.61 Å². The lowest BCUT2D eigenvalue weighted by molar-refractivity contribution is -0.213. The van der Waals surface area contributed by atoms with Gasteiger partial charge in [-0.3, -0.25) is 10.1 Å². The Balaban J connectivity index is 1.66. The first-order chi connectivity index (χ1) is 15.3. The molecule has 3 rings (SSSR count). The highest BCUT2D eigenvalue weighted by atomic mass is 32.2. The van der Waals surface area contributed by atoms with Gasteiger partial charge in [-0.2, -0.15) is 13.9 Å². The molecular formula is C21H18F2N3O4S2-. The first kappa shape index (κ1) is 23.2. The number of hydrogen-bond donors (Lipinski definition) is 2. The summed E-state index contributed by atoms with van der Waals surface area (Å²) in [6.45, 7) is -1.19. The minimum absolute atomic E-state index is 0.0158. The lowest BCUT2D eigenvalue weighted by atomic mass is 10.1. The molecule has 1 aromatic heterocycles. The summed E-state index contributed by atoms with van der Waals surface area (Å²) >= 11 is 1.10. The van der Waals surface area contributed by atoms with Crippen LogP contribution in [0.1, 0.15) is 18.1 Å². The fraction of sp³-hybridized carbons (Fsp3) is 0.0952. The van der Waals surface area contributed by atoms with E-state index in [0.717, 1.165) is 11.3 Å². The fourth-order valence-corrected chi connectivity index (χ4v) is 4.64. The lowest BCUT2D eigenvalue weighted by Crippen LogP contribution is -2.22. The minimum atomic E-state index is -3.68. The first-order valence-electron chi connectivity index (χ1n) is 9.17. The Bertz CT molecular complexity index is 1190. The number of sulfonamides is 1. The molecule has 32 heavy (non-hydrogen) atoms. The molecule has 0 amide bonds. The van der Waals surface area contributed by atoms with Crippen LogP contribution in [0, 0.1) is 0 Å². The van der Waals surface area contributed by atoms with E-state index in [9.17, 15) is 22.3 Å². The molecule has 168 valence electrons. The highest BCUT2D eigenvalue weighted by Crippen LogP contribution is 2.21. The highest BCUT2D eigenvalue weighted by Gasteiger charge is 2.14. The van der Waals surface area contributed by atoms with Crippen molar-refractivity contribution < 1.29 is 27.0 Å². The zero-order valence-corrected chi connectivity index (χ0v) is 18.3. The minimum Gasteiger partial charge on any atom is -0.857 e. The summed E-state index contributed by atoms with van der Waals surface area (Å²) < 4.78 is 55.9. The number of benzene rings is 2. The third kappa shape index (κ3) is 6.05. The van der Waals surface area contributed by atoms with Crippen LogP contribution in [0.3, 0.4) is 0 Å². The summed E-state index contributed by atoms with van der Waals surface area (Å²) in [7, 11) is -3.68. The molecule has 0 saturated heterocycles. The molecule has 3 aromatic rings. The van der Waals surface area contributed by atoms with E-state index in [1.807, 2.05) is 0 Å². The second kappa shape index (κ2) is 10.2. The summed E-state index contributed by atoms with van der Waals surface area (Å²) in [5.74, 6) is -0.559. The Morgan fingerprint density at radius 1 is 1.09 bits per heavy atom. The maximum Gasteiger partial charge on any atom is 0.387 e. The van der Waals surface area contributed by atoms with Crippen molar-refractivity contribution in [3.05, 3.63) is 83.2 Å². The number of nitrogens with zero attached hydrogens (tertiary/aromatic N) is 1. The molecule has 0 aliphatic rings. The highest BCUT2D eigenvalue weighted by molar-refractivity contribution is 7.94. The number of allylic oxidation sites excluding steroid dienone is 1. The number of rotatable bonds is 9. The number of halogens is 2. The van der Waals surface area contributed by atoms with Gasteiger partial charge in [0.1, 0.15) is 9.96 Å². The van der Waals surface area contributed by atoms with Gasteiger partial charge in [0.25, 0.3) is 10.0 Å². The Kier molecular flexibility index (Phi) is 7.44. The molecule has 0 radical (unpaired) electrons. The second-order valence-electron chi connectivity index (χ2n) is 6.25. The predicted molar refractivity (Wildman–Crippen MR) is 118 cm³/mol. The molecule has 0 spiro atoms. The number of thiophene rings is 1. The molecule has 0 saturated carbocycles. The number of anilines is 1. The maximum atomic E-state index is 12.4. The Morgan fingerprint density at radius 2 is 1.75 bits per heavy atom. The van der Waals surface area contributed by atoms with Crippen molar-refractivity contribution in [3.8, 4) is 5.75 Å². The normalized spacial score (nSPS) is 12.6. The van der Waals surface area contributed by atoms with Gasteiger partial charge in [-0.25, -0.2) is 8.42 Å². The monoisotopic (exact) mass is 478 g/mol. The van der Waals surface area contributed by atoms with E-state index in [1.165, 1.54) is 42.5 Å². The lowest BCUT2D eigenvalue weighted by Gasteiger charge is -2.14. The maximum absolute atomic E-state index is 12.4. The first-order valence-corrected chi connectivity index (χ1v) is 11.5. The fourth-order valence-electron chi connectivity index (χ4n) is 2.59. The molecule has 0 bridgehead atoms. The number of ether oxygens (including phenoxy) is 1. The summed E-state index contributed by atoms with van der Waals surface area (Å²) in [6, 6.07) is 14.8. The molecule has 2 N–H and O–H groups in total. The average molecular weight is 479 g/mol. The largest absolute Gasteiger partial charge is 0.857 e. The van der Waals surface area contributed by atoms with Gasteiger partial charge in [-0.15, -0.1) is 11.3 Å². The topological polar surface area (TPSA) is 103 Å². The standard InChI is InChI=1S/C21H19F2N3O4S2/c1-2-18(14-7-11-17(12-8-14)30-21(22)23)24-25-20(27)15-5-9-16(10-6-15)26-32(28,29)19-4-3-13-31-19/h2-13,21,24,26H,1H3,(H,25,27)/p-1/b18-2-. The van der Waals surface area contributed by atoms with Crippen LogP contribution in [0.5, 0.6) is 5.75 Å². The number of hydrazone groups is 1. The van der Waals surface area contributed by atoms with E-state index in [4.69, 9.17) is 0 Å². The van der Waals surface area contributed by atoms with E-state index in [0.29, 0.717) is 16.9 Å². The van der Waals surface area contributed by atoms with Crippen LogP contribution in [-0.2, 0) is 10.0 Å². The van der Waals surface area contributed by atoms with Crippen molar-refractivity contribution in [1.29, 1.82) is 0 Å². The summed E-state index contributed by atoms with van der Waals surface area (Å²) in [5.41, 5.74) is 4.31. The zero-order chi connectivity index (χ0) is 23.1. The summed E-state index contributed by atoms with van der Waals surface area (Å²) in [6.07, 6.45) is 1.67. The van der Waals surface area contributed by atoms with E-state index in [1.54, 1.807) is 36.6 Å². The van der Waals surface area contributed by atoms with Crippen molar-refractivity contribution in [2.45, 2.75) is 17.7 Å². The SMILES string of the molecule is C/C=C(\NN=C([O-])c1ccc(NS(=O)(=O)c2cccs2)cc1)c1ccc(OC(F)F)cc1. The van der Waals surface area contributed by atoms with Crippen molar-refractivity contribution in [1.82, 2.24) is 5.43 Å². The van der Waals surface area contributed by atoms with Crippen molar-refractivity contribution in [2.24, 2.45) is 5.10 Å². The summed E-state index contributed by atoms with van der Waals surface area (Å²) in [5, 5.41) is 17.8. The van der Waals surface area contributed by atoms with Gasteiger partial charge in [-0.1, -0.05) is 24.3 Å². The van der Waals surface area contributed by atoms with E-state index in [-0.39, 0.29) is 15.5 Å². The number of hydrogen-bond acceptors (Lipinski definition) is 7. The van der Waals surface area contributed by atoms with Gasteiger partial charge in [0.2, 0.25) is 0 Å². The molecule has 2 aromatic carbocycles. The third-order valence-corrected chi connectivity index (χ3v) is 6.88. The molecule has 0 aliphatic carbocycles. The molecular weight excluding hydrogens is 460 g/mol. The van der Waals surface area contributed by atoms with Crippen molar-refractivity contribution >= 4 is 38.6 Å². The molecule has 1 heterocycles. The van der Waals surface area contributed by atoms with Crippen LogP contribution >= 0.6 is 11.3 Å². The van der Waals surface area contributed by atoms with E-state index < -0.39 is 22.5 Å². The predicted octanol–water partition coefficient (Wildman–Crippen LogP) is 3.82. The van der Waals surface area contributed by atoms with Crippen molar-refractivity contribution in [2.75, 3.05) is 4.72 Å². The Morgan fingerprint density at radius 3 is 2.31 bits per heavy atom. The third-order valence-electron chi connectivity index (χ3n) is 4.10. The van der Waals surface area contributed by atoms with Crippen molar-refractivity contribution in [3.63, 3.8) is 0 Å². The average Bonchev–Trinajstić information content (AvgIpc) is 3.31. The number of alkyl halides is 2. The Hall–Kier alpha value is -3.44. The Labute approximate surface area is 187 Å². The van der Waals surface area contributed by atoms with Gasteiger partial charge in [-0.05, 0) is 65.9 Å². The molecule has 0 atom stereocenters. The smallest absolute Gasteiger partial charge is 0.387 e. The zero-order valence-electron chi connectivity index (χ0n) is 16.7. The van der Waals surface area contributed by atoms with Gasteiger partial charge in [0.15, 0.2) is 0 Å². The second-order valence-corrected chi connectivity index (χ2v) is 9.11. The summed E-state index contributed by atoms with van der Waals surface area (Å²) in [4.78, 5) is 0. The van der Waals surface area contributed by atoms with Gasteiger partial charge < -0.3 is 9.84 Å². The van der Waals surface area contributed by atoms with Gasteiger partial charge in [0.05, 0.1) is 5.70 Å². The van der Waals surface area contributed by atoms with E-state index >= 15 is 0 Å². The van der Waals surface area contributed by atoms with Crippen LogP contribution in [0.15, 0.2) is 81.4 Å².